The molecule has 114 valence electrons. The minimum atomic E-state index is -0.0211. The third-order valence-electron chi connectivity index (χ3n) is 4.39. The van der Waals surface area contributed by atoms with E-state index in [1.54, 1.807) is 0 Å². The summed E-state index contributed by atoms with van der Waals surface area (Å²) >= 11 is 0. The van der Waals surface area contributed by atoms with Gasteiger partial charge in [-0.25, -0.2) is 0 Å². The van der Waals surface area contributed by atoms with E-state index >= 15 is 0 Å². The predicted octanol–water partition coefficient (Wildman–Crippen LogP) is 4.39. The Hall–Kier alpha value is -0.0800. The van der Waals surface area contributed by atoms with Crippen molar-refractivity contribution in [1.29, 1.82) is 0 Å². The monoisotopic (exact) mass is 269 g/mol. The molecule has 0 saturated heterocycles. The summed E-state index contributed by atoms with van der Waals surface area (Å²) in [5, 5.41) is 3.72. The number of ether oxygens (including phenoxy) is 1. The van der Waals surface area contributed by atoms with Gasteiger partial charge in [0.25, 0.3) is 0 Å². The van der Waals surface area contributed by atoms with Crippen molar-refractivity contribution in [3.05, 3.63) is 0 Å². The molecule has 19 heavy (non-hydrogen) atoms. The van der Waals surface area contributed by atoms with E-state index in [9.17, 15) is 0 Å². The fraction of sp³-hybridized carbons (Fsp3) is 1.00. The zero-order valence-corrected chi connectivity index (χ0v) is 13.8. The van der Waals surface area contributed by atoms with Gasteiger partial charge in [0.05, 0.1) is 12.2 Å². The summed E-state index contributed by atoms with van der Waals surface area (Å²) in [6.07, 6.45) is 8.16. The lowest BCUT2D eigenvalue weighted by Gasteiger charge is -2.35. The highest BCUT2D eigenvalue weighted by atomic mass is 16.5. The Balaban J connectivity index is 2.44. The van der Waals surface area contributed by atoms with Crippen LogP contribution in [0.15, 0.2) is 0 Å². The van der Waals surface area contributed by atoms with Gasteiger partial charge in [-0.05, 0) is 58.4 Å². The maximum atomic E-state index is 6.03. The largest absolute Gasteiger partial charge is 0.374 e. The fourth-order valence-corrected chi connectivity index (χ4v) is 3.03. The molecule has 0 bridgehead atoms. The summed E-state index contributed by atoms with van der Waals surface area (Å²) in [6, 6.07) is 0.553. The molecule has 1 atom stereocenters. The molecule has 0 aliphatic heterocycles. The SMILES string of the molecule is CCCNC(COC(C)(C)C)C1CCC(CC)CC1. The van der Waals surface area contributed by atoms with Crippen LogP contribution in [-0.4, -0.2) is 24.8 Å². The molecule has 0 amide bonds. The lowest BCUT2D eigenvalue weighted by Crippen LogP contribution is -2.43. The van der Waals surface area contributed by atoms with Crippen molar-refractivity contribution in [2.75, 3.05) is 13.2 Å². The van der Waals surface area contributed by atoms with E-state index in [1.807, 2.05) is 0 Å². The standard InChI is InChI=1S/C17H35NO/c1-6-12-18-16(13-19-17(3,4)5)15-10-8-14(7-2)9-11-15/h14-16,18H,6-13H2,1-5H3. The van der Waals surface area contributed by atoms with Crippen LogP contribution in [0.1, 0.15) is 73.1 Å². The highest BCUT2D eigenvalue weighted by molar-refractivity contribution is 4.82. The maximum Gasteiger partial charge on any atom is 0.0629 e. The molecule has 1 saturated carbocycles. The molecule has 0 aromatic heterocycles. The minimum absolute atomic E-state index is 0.0211. The smallest absolute Gasteiger partial charge is 0.0629 e. The van der Waals surface area contributed by atoms with Gasteiger partial charge < -0.3 is 10.1 Å². The van der Waals surface area contributed by atoms with Crippen molar-refractivity contribution < 1.29 is 4.74 Å². The number of hydrogen-bond donors (Lipinski definition) is 1. The first-order chi connectivity index (χ1) is 8.96. The van der Waals surface area contributed by atoms with E-state index in [0.717, 1.165) is 25.0 Å². The van der Waals surface area contributed by atoms with Crippen LogP contribution in [0, 0.1) is 11.8 Å². The van der Waals surface area contributed by atoms with Gasteiger partial charge in [0.1, 0.15) is 0 Å². The van der Waals surface area contributed by atoms with Crippen LogP contribution in [0.4, 0.5) is 0 Å². The van der Waals surface area contributed by atoms with E-state index in [-0.39, 0.29) is 5.60 Å². The number of nitrogens with one attached hydrogen (secondary N) is 1. The third kappa shape index (κ3) is 6.76. The van der Waals surface area contributed by atoms with Crippen molar-refractivity contribution >= 4 is 0 Å². The second-order valence-corrected chi connectivity index (χ2v) is 7.17. The Morgan fingerprint density at radius 2 is 1.74 bits per heavy atom. The van der Waals surface area contributed by atoms with Crippen LogP contribution in [0.5, 0.6) is 0 Å². The molecule has 0 spiro atoms. The molecule has 0 aromatic rings. The average Bonchev–Trinajstić information content (AvgIpc) is 2.38. The Morgan fingerprint density at radius 1 is 1.11 bits per heavy atom. The molecule has 1 rings (SSSR count). The van der Waals surface area contributed by atoms with E-state index in [0.29, 0.717) is 6.04 Å². The summed E-state index contributed by atoms with van der Waals surface area (Å²) in [5.41, 5.74) is -0.0211. The van der Waals surface area contributed by atoms with Gasteiger partial charge in [0, 0.05) is 6.04 Å². The Kier molecular flexibility index (Phi) is 7.38. The first-order valence-electron chi connectivity index (χ1n) is 8.33. The quantitative estimate of drug-likeness (QED) is 0.740. The van der Waals surface area contributed by atoms with Gasteiger partial charge in [-0.2, -0.15) is 0 Å². The van der Waals surface area contributed by atoms with Crippen molar-refractivity contribution in [2.24, 2.45) is 11.8 Å². The van der Waals surface area contributed by atoms with E-state index < -0.39 is 0 Å². The number of hydrogen-bond acceptors (Lipinski definition) is 2. The van der Waals surface area contributed by atoms with Gasteiger partial charge >= 0.3 is 0 Å². The first-order valence-corrected chi connectivity index (χ1v) is 8.33. The molecule has 1 unspecified atom stereocenters. The van der Waals surface area contributed by atoms with Gasteiger partial charge in [-0.3, -0.25) is 0 Å². The van der Waals surface area contributed by atoms with Crippen LogP contribution in [-0.2, 0) is 4.74 Å². The summed E-state index contributed by atoms with van der Waals surface area (Å²) in [7, 11) is 0. The molecule has 0 heterocycles. The maximum absolute atomic E-state index is 6.03. The minimum Gasteiger partial charge on any atom is -0.374 e. The summed E-state index contributed by atoms with van der Waals surface area (Å²) < 4.78 is 6.03. The molecular formula is C17H35NO. The Labute approximate surface area is 120 Å². The topological polar surface area (TPSA) is 21.3 Å². The molecule has 1 N–H and O–H groups in total. The van der Waals surface area contributed by atoms with Gasteiger partial charge in [-0.1, -0.05) is 33.1 Å². The fourth-order valence-electron chi connectivity index (χ4n) is 3.03. The van der Waals surface area contributed by atoms with Crippen molar-refractivity contribution in [3.8, 4) is 0 Å². The zero-order chi connectivity index (χ0) is 14.3. The van der Waals surface area contributed by atoms with Crippen molar-refractivity contribution in [2.45, 2.75) is 84.8 Å². The summed E-state index contributed by atoms with van der Waals surface area (Å²) in [4.78, 5) is 0. The van der Waals surface area contributed by atoms with Gasteiger partial charge in [0.15, 0.2) is 0 Å². The molecular weight excluding hydrogens is 234 g/mol. The highest BCUT2D eigenvalue weighted by Gasteiger charge is 2.27. The Morgan fingerprint density at radius 3 is 2.21 bits per heavy atom. The lowest BCUT2D eigenvalue weighted by molar-refractivity contribution is -0.0257. The second kappa shape index (κ2) is 8.26. The molecule has 0 aromatic carbocycles. The van der Waals surface area contributed by atoms with Crippen LogP contribution >= 0.6 is 0 Å². The van der Waals surface area contributed by atoms with Crippen LogP contribution in [0.25, 0.3) is 0 Å². The predicted molar refractivity (Wildman–Crippen MR) is 83.5 cm³/mol. The molecule has 0 radical (unpaired) electrons. The second-order valence-electron chi connectivity index (χ2n) is 7.17. The summed E-state index contributed by atoms with van der Waals surface area (Å²) in [6.45, 7) is 13.0. The molecule has 2 nitrogen and oxygen atoms in total. The van der Waals surface area contributed by atoms with Crippen LogP contribution in [0.3, 0.4) is 0 Å². The molecule has 1 aliphatic rings. The Bertz CT molecular complexity index is 226. The molecule has 2 heteroatoms. The highest BCUT2D eigenvalue weighted by Crippen LogP contribution is 2.32. The molecule has 1 fully saturated rings. The van der Waals surface area contributed by atoms with Gasteiger partial charge in [0.2, 0.25) is 0 Å². The van der Waals surface area contributed by atoms with E-state index in [1.165, 1.54) is 38.5 Å². The van der Waals surface area contributed by atoms with E-state index in [4.69, 9.17) is 4.74 Å². The van der Waals surface area contributed by atoms with Crippen LogP contribution < -0.4 is 5.32 Å². The number of rotatable bonds is 7. The van der Waals surface area contributed by atoms with E-state index in [2.05, 4.69) is 39.9 Å². The third-order valence-corrected chi connectivity index (χ3v) is 4.39. The van der Waals surface area contributed by atoms with Gasteiger partial charge in [-0.15, -0.1) is 0 Å². The van der Waals surface area contributed by atoms with Crippen molar-refractivity contribution in [3.63, 3.8) is 0 Å². The lowest BCUT2D eigenvalue weighted by atomic mass is 9.77. The normalized spacial score (nSPS) is 26.4. The first kappa shape index (κ1) is 17.0. The van der Waals surface area contributed by atoms with Crippen LogP contribution in [0.2, 0.25) is 0 Å². The zero-order valence-electron chi connectivity index (χ0n) is 13.8. The molecule has 1 aliphatic carbocycles. The average molecular weight is 269 g/mol. The summed E-state index contributed by atoms with van der Waals surface area (Å²) in [5.74, 6) is 1.79. The van der Waals surface area contributed by atoms with Crippen molar-refractivity contribution in [1.82, 2.24) is 5.32 Å².